The largest absolute Gasteiger partial charge is 0.348 e. The fourth-order valence-corrected chi connectivity index (χ4v) is 5.06. The molecule has 0 radical (unpaired) electrons. The van der Waals surface area contributed by atoms with Crippen molar-refractivity contribution in [1.82, 2.24) is 5.32 Å². The first-order valence-corrected chi connectivity index (χ1v) is 9.76. The Morgan fingerprint density at radius 3 is 2.52 bits per heavy atom. The molecule has 0 saturated carbocycles. The van der Waals surface area contributed by atoms with Gasteiger partial charge in [0.2, 0.25) is 11.8 Å². The molecule has 6 heteroatoms. The van der Waals surface area contributed by atoms with Crippen LogP contribution in [0.25, 0.3) is 0 Å². The summed E-state index contributed by atoms with van der Waals surface area (Å²) in [6.07, 6.45) is 0.296. The van der Waals surface area contributed by atoms with Crippen LogP contribution in [0.3, 0.4) is 0 Å². The number of piperidine rings is 1. The number of amides is 2. The maximum atomic E-state index is 13.5. The molecule has 140 valence electrons. The molecule has 0 aliphatic carbocycles. The second-order valence-corrected chi connectivity index (χ2v) is 8.50. The summed E-state index contributed by atoms with van der Waals surface area (Å²) in [6, 6.07) is 12.3. The van der Waals surface area contributed by atoms with E-state index < -0.39 is 11.5 Å². The van der Waals surface area contributed by atoms with Gasteiger partial charge in [-0.1, -0.05) is 55.2 Å². The zero-order valence-electron chi connectivity index (χ0n) is 15.1. The van der Waals surface area contributed by atoms with Gasteiger partial charge in [-0.2, -0.15) is 0 Å². The van der Waals surface area contributed by atoms with Gasteiger partial charge in [0.15, 0.2) is 0 Å². The minimum atomic E-state index is -0.910. The Morgan fingerprint density at radius 1 is 1.07 bits per heavy atom. The predicted octanol–water partition coefficient (Wildman–Crippen LogP) is 4.72. The van der Waals surface area contributed by atoms with Gasteiger partial charge in [-0.05, 0) is 47.2 Å². The monoisotopic (exact) mass is 402 g/mol. The van der Waals surface area contributed by atoms with Gasteiger partial charge in [0, 0.05) is 22.2 Å². The molecule has 2 aliphatic rings. The Kier molecular flexibility index (Phi) is 4.44. The Morgan fingerprint density at radius 2 is 1.81 bits per heavy atom. The first-order valence-electron chi connectivity index (χ1n) is 9.00. The minimum Gasteiger partial charge on any atom is -0.348 e. The van der Waals surface area contributed by atoms with E-state index in [1.807, 2.05) is 24.3 Å². The van der Waals surface area contributed by atoms with Crippen LogP contribution < -0.4 is 10.6 Å². The molecule has 0 aromatic heterocycles. The van der Waals surface area contributed by atoms with E-state index in [4.69, 9.17) is 23.2 Å². The summed E-state index contributed by atoms with van der Waals surface area (Å²) in [5, 5.41) is 7.21. The highest BCUT2D eigenvalue weighted by Crippen LogP contribution is 2.56. The average molecular weight is 403 g/mol. The van der Waals surface area contributed by atoms with Crippen LogP contribution in [-0.2, 0) is 15.0 Å². The van der Waals surface area contributed by atoms with Gasteiger partial charge in [-0.3, -0.25) is 9.59 Å². The van der Waals surface area contributed by atoms with Crippen LogP contribution in [-0.4, -0.2) is 11.8 Å². The second kappa shape index (κ2) is 6.54. The standard InChI is InChI=1S/C21H20Cl2N2O2/c1-11(2)16-10-18(26)25-19(12-4-3-5-13(22)8-12)21(16)15-7-6-14(23)9-17(15)24-20(21)27/h3-9,11,16,19H,10H2,1-2H3,(H,24,27)(H,25,26)/t16-,19?,21-/m1/s1. The van der Waals surface area contributed by atoms with E-state index >= 15 is 0 Å². The fourth-order valence-electron chi connectivity index (χ4n) is 4.69. The van der Waals surface area contributed by atoms with Gasteiger partial charge in [0.25, 0.3) is 0 Å². The quantitative estimate of drug-likeness (QED) is 0.763. The summed E-state index contributed by atoms with van der Waals surface area (Å²) in [6.45, 7) is 4.11. The molecule has 1 spiro atoms. The molecular formula is C21H20Cl2N2O2. The molecule has 2 aromatic rings. The third kappa shape index (κ3) is 2.74. The maximum absolute atomic E-state index is 13.5. The first kappa shape index (κ1) is 18.3. The zero-order valence-corrected chi connectivity index (χ0v) is 16.6. The number of rotatable bonds is 2. The lowest BCUT2D eigenvalue weighted by molar-refractivity contribution is -0.135. The van der Waals surface area contributed by atoms with Crippen molar-refractivity contribution in [3.8, 4) is 0 Å². The van der Waals surface area contributed by atoms with E-state index in [-0.39, 0.29) is 23.7 Å². The van der Waals surface area contributed by atoms with Crippen molar-refractivity contribution in [1.29, 1.82) is 0 Å². The lowest BCUT2D eigenvalue weighted by Crippen LogP contribution is -2.59. The van der Waals surface area contributed by atoms with Crippen LogP contribution in [0.5, 0.6) is 0 Å². The molecular weight excluding hydrogens is 383 g/mol. The van der Waals surface area contributed by atoms with Crippen LogP contribution in [0.4, 0.5) is 5.69 Å². The molecule has 0 bridgehead atoms. The lowest BCUT2D eigenvalue weighted by atomic mass is 9.58. The SMILES string of the molecule is CC(C)[C@H]1CC(=O)NC(c2cccc(Cl)c2)[C@]12C(=O)Nc1cc(Cl)ccc12. The van der Waals surface area contributed by atoms with E-state index in [0.717, 1.165) is 11.1 Å². The van der Waals surface area contributed by atoms with E-state index in [1.165, 1.54) is 0 Å². The van der Waals surface area contributed by atoms with Crippen molar-refractivity contribution in [2.24, 2.45) is 11.8 Å². The van der Waals surface area contributed by atoms with Crippen LogP contribution in [0, 0.1) is 11.8 Å². The van der Waals surface area contributed by atoms with Crippen molar-refractivity contribution < 1.29 is 9.59 Å². The highest BCUT2D eigenvalue weighted by atomic mass is 35.5. The van der Waals surface area contributed by atoms with Gasteiger partial charge in [0.05, 0.1) is 6.04 Å². The third-order valence-electron chi connectivity index (χ3n) is 5.79. The van der Waals surface area contributed by atoms with Crippen molar-refractivity contribution in [3.05, 3.63) is 63.6 Å². The number of nitrogens with one attached hydrogen (secondary N) is 2. The molecule has 1 unspecified atom stereocenters. The Balaban J connectivity index is 2.00. The molecule has 2 aliphatic heterocycles. The van der Waals surface area contributed by atoms with Crippen molar-refractivity contribution in [3.63, 3.8) is 0 Å². The predicted molar refractivity (Wildman–Crippen MR) is 107 cm³/mol. The van der Waals surface area contributed by atoms with Gasteiger partial charge in [0.1, 0.15) is 5.41 Å². The smallest absolute Gasteiger partial charge is 0.237 e. The number of carbonyl (C=O) groups is 2. The highest BCUT2D eigenvalue weighted by Gasteiger charge is 2.61. The summed E-state index contributed by atoms with van der Waals surface area (Å²) in [7, 11) is 0. The van der Waals surface area contributed by atoms with Gasteiger partial charge in [-0.25, -0.2) is 0 Å². The van der Waals surface area contributed by atoms with E-state index in [2.05, 4.69) is 24.5 Å². The topological polar surface area (TPSA) is 58.2 Å². The van der Waals surface area contributed by atoms with Crippen molar-refractivity contribution >= 4 is 40.7 Å². The van der Waals surface area contributed by atoms with E-state index in [1.54, 1.807) is 18.2 Å². The summed E-state index contributed by atoms with van der Waals surface area (Å²) >= 11 is 12.4. The Labute approximate surface area is 168 Å². The van der Waals surface area contributed by atoms with E-state index in [0.29, 0.717) is 22.2 Å². The highest BCUT2D eigenvalue weighted by molar-refractivity contribution is 6.31. The van der Waals surface area contributed by atoms with Crippen molar-refractivity contribution in [2.45, 2.75) is 31.7 Å². The van der Waals surface area contributed by atoms with Crippen LogP contribution in [0.1, 0.15) is 37.4 Å². The molecule has 1 fully saturated rings. The Hall–Kier alpha value is -2.04. The van der Waals surface area contributed by atoms with Crippen LogP contribution in [0.2, 0.25) is 10.0 Å². The number of halogens is 2. The number of hydrogen-bond acceptors (Lipinski definition) is 2. The zero-order chi connectivity index (χ0) is 19.3. The van der Waals surface area contributed by atoms with Crippen LogP contribution >= 0.6 is 23.2 Å². The van der Waals surface area contributed by atoms with E-state index in [9.17, 15) is 9.59 Å². The normalized spacial score (nSPS) is 26.9. The van der Waals surface area contributed by atoms with Crippen LogP contribution in [0.15, 0.2) is 42.5 Å². The number of carbonyl (C=O) groups excluding carboxylic acids is 2. The average Bonchev–Trinajstić information content (AvgIpc) is 2.88. The first-order chi connectivity index (χ1) is 12.8. The molecule has 4 rings (SSSR count). The molecule has 1 saturated heterocycles. The third-order valence-corrected chi connectivity index (χ3v) is 6.26. The summed E-state index contributed by atoms with van der Waals surface area (Å²) in [5.41, 5.74) is 1.49. The maximum Gasteiger partial charge on any atom is 0.237 e. The summed E-state index contributed by atoms with van der Waals surface area (Å²) in [5.74, 6) is -0.189. The molecule has 2 heterocycles. The molecule has 3 atom stereocenters. The Bertz CT molecular complexity index is 944. The molecule has 2 N–H and O–H groups in total. The molecule has 4 nitrogen and oxygen atoms in total. The molecule has 2 aromatic carbocycles. The van der Waals surface area contributed by atoms with Gasteiger partial charge < -0.3 is 10.6 Å². The lowest BCUT2D eigenvalue weighted by Gasteiger charge is -2.47. The van der Waals surface area contributed by atoms with Crippen molar-refractivity contribution in [2.75, 3.05) is 5.32 Å². The van der Waals surface area contributed by atoms with Gasteiger partial charge >= 0.3 is 0 Å². The van der Waals surface area contributed by atoms with Gasteiger partial charge in [-0.15, -0.1) is 0 Å². The molecule has 2 amide bonds. The number of anilines is 1. The minimum absolute atomic E-state index is 0.0560. The summed E-state index contributed by atoms with van der Waals surface area (Å²) < 4.78 is 0. The fraction of sp³-hybridized carbons (Fsp3) is 0.333. The molecule has 27 heavy (non-hydrogen) atoms. The number of benzene rings is 2. The number of fused-ring (bicyclic) bond motifs is 2. The summed E-state index contributed by atoms with van der Waals surface area (Å²) in [4.78, 5) is 26.0. The second-order valence-electron chi connectivity index (χ2n) is 7.62. The number of hydrogen-bond donors (Lipinski definition) is 2.